The van der Waals surface area contributed by atoms with E-state index in [0.29, 0.717) is 5.57 Å². The highest BCUT2D eigenvalue weighted by molar-refractivity contribution is 6.32. The number of allylic oxidation sites excluding steroid dienone is 2. The Balaban J connectivity index is 3.42. The number of carbonyl (C=O) groups excluding carboxylic acids is 1. The van der Waals surface area contributed by atoms with Crippen LogP contribution in [-0.2, 0) is 11.2 Å². The van der Waals surface area contributed by atoms with Crippen LogP contribution in [0.15, 0.2) is 29.4 Å². The number of phenols is 1. The van der Waals surface area contributed by atoms with Crippen molar-refractivity contribution in [1.29, 1.82) is 5.41 Å². The van der Waals surface area contributed by atoms with E-state index < -0.39 is 40.5 Å². The van der Waals surface area contributed by atoms with Crippen LogP contribution in [0, 0.1) is 11.2 Å². The fourth-order valence-corrected chi connectivity index (χ4v) is 2.21. The van der Waals surface area contributed by atoms with Crippen molar-refractivity contribution in [2.24, 2.45) is 0 Å². The fourth-order valence-electron chi connectivity index (χ4n) is 2.00. The van der Waals surface area contributed by atoms with Gasteiger partial charge in [0.1, 0.15) is 11.6 Å². The Morgan fingerprint density at radius 1 is 1.44 bits per heavy atom. The summed E-state index contributed by atoms with van der Waals surface area (Å²) in [5, 5.41) is 18.5. The van der Waals surface area contributed by atoms with E-state index >= 15 is 0 Å². The molecule has 0 radical (unpaired) electrons. The van der Waals surface area contributed by atoms with E-state index in [1.54, 1.807) is 6.92 Å². The number of rotatable bonds is 5. The highest BCUT2D eigenvalue weighted by Crippen LogP contribution is 2.37. The van der Waals surface area contributed by atoms with Crippen molar-refractivity contribution in [3.63, 3.8) is 0 Å². The molecule has 1 rings (SSSR count). The Labute approximate surface area is 146 Å². The Kier molecular flexibility index (Phi) is 6.37. The number of anilines is 1. The van der Waals surface area contributed by atoms with Gasteiger partial charge in [-0.05, 0) is 26.3 Å². The molecule has 9 heteroatoms. The van der Waals surface area contributed by atoms with Gasteiger partial charge < -0.3 is 15.8 Å². The third kappa shape index (κ3) is 4.82. The first-order valence-electron chi connectivity index (χ1n) is 6.84. The standard InChI is InChI=1S/C16H15ClF4N2O2/c1-7(2)4-9-13(12(18)5-11(17)14(9)24)23-15(25)8(3)10(6-22)16(19,20)21/h5-6,22,24H,1,4H2,2-3H3,(H,23,25)/b10-8+,22-6?. The summed E-state index contributed by atoms with van der Waals surface area (Å²) in [7, 11) is 0. The molecular weight excluding hydrogens is 364 g/mol. The van der Waals surface area contributed by atoms with Gasteiger partial charge in [0.25, 0.3) is 5.91 Å². The molecule has 1 amide bonds. The van der Waals surface area contributed by atoms with Gasteiger partial charge in [0, 0.05) is 17.4 Å². The number of amides is 1. The third-order valence-electron chi connectivity index (χ3n) is 3.22. The zero-order valence-electron chi connectivity index (χ0n) is 13.3. The molecule has 1 aromatic carbocycles. The molecule has 3 N–H and O–H groups in total. The number of carbonyl (C=O) groups is 1. The van der Waals surface area contributed by atoms with Crippen molar-refractivity contribution in [3.8, 4) is 5.75 Å². The molecule has 136 valence electrons. The first kappa shape index (κ1) is 20.7. The van der Waals surface area contributed by atoms with Crippen LogP contribution in [0.1, 0.15) is 19.4 Å². The minimum atomic E-state index is -4.91. The van der Waals surface area contributed by atoms with E-state index in [9.17, 15) is 27.5 Å². The van der Waals surface area contributed by atoms with Gasteiger partial charge in [0.15, 0.2) is 0 Å². The van der Waals surface area contributed by atoms with Crippen LogP contribution in [0.3, 0.4) is 0 Å². The second kappa shape index (κ2) is 7.69. The predicted octanol–water partition coefficient (Wildman–Crippen LogP) is 4.77. The van der Waals surface area contributed by atoms with Gasteiger partial charge in [-0.25, -0.2) is 4.39 Å². The first-order valence-corrected chi connectivity index (χ1v) is 7.22. The summed E-state index contributed by atoms with van der Waals surface area (Å²) in [5.41, 5.74) is -2.40. The highest BCUT2D eigenvalue weighted by atomic mass is 35.5. The van der Waals surface area contributed by atoms with Crippen molar-refractivity contribution in [3.05, 3.63) is 45.8 Å². The van der Waals surface area contributed by atoms with Gasteiger partial charge >= 0.3 is 6.18 Å². The molecule has 0 heterocycles. The molecule has 0 aliphatic heterocycles. The summed E-state index contributed by atoms with van der Waals surface area (Å²) in [6.45, 7) is 6.03. The van der Waals surface area contributed by atoms with Crippen LogP contribution in [0.2, 0.25) is 5.02 Å². The SMILES string of the molecule is C=C(C)Cc1c(O)c(Cl)cc(F)c1NC(=O)/C(C)=C(\C=N)C(F)(F)F. The number of benzene rings is 1. The van der Waals surface area contributed by atoms with Crippen molar-refractivity contribution in [2.75, 3.05) is 5.32 Å². The Hall–Kier alpha value is -2.35. The lowest BCUT2D eigenvalue weighted by atomic mass is 10.0. The number of hydrogen-bond donors (Lipinski definition) is 3. The van der Waals surface area contributed by atoms with Crippen molar-refractivity contribution in [2.45, 2.75) is 26.4 Å². The van der Waals surface area contributed by atoms with E-state index in [4.69, 9.17) is 17.0 Å². The summed E-state index contributed by atoms with van der Waals surface area (Å²) in [5.74, 6) is -2.80. The number of halogens is 5. The van der Waals surface area contributed by atoms with E-state index in [-0.39, 0.29) is 23.2 Å². The lowest BCUT2D eigenvalue weighted by Gasteiger charge is -2.16. The first-order chi connectivity index (χ1) is 11.4. The Bertz CT molecular complexity index is 770. The molecule has 0 fully saturated rings. The van der Waals surface area contributed by atoms with E-state index in [0.717, 1.165) is 13.0 Å². The molecule has 0 atom stereocenters. The van der Waals surface area contributed by atoms with Gasteiger partial charge in [0.05, 0.1) is 16.3 Å². The second-order valence-corrected chi connectivity index (χ2v) is 5.72. The molecule has 0 spiro atoms. The largest absolute Gasteiger partial charge is 0.506 e. The lowest BCUT2D eigenvalue weighted by molar-refractivity contribution is -0.114. The number of nitrogens with one attached hydrogen (secondary N) is 2. The maximum absolute atomic E-state index is 14.2. The van der Waals surface area contributed by atoms with Crippen LogP contribution >= 0.6 is 11.6 Å². The van der Waals surface area contributed by atoms with E-state index in [1.807, 2.05) is 5.32 Å². The number of alkyl halides is 3. The van der Waals surface area contributed by atoms with E-state index in [1.165, 1.54) is 0 Å². The average Bonchev–Trinajstić information content (AvgIpc) is 2.46. The maximum Gasteiger partial charge on any atom is 0.418 e. The number of phenolic OH excluding ortho intramolecular Hbond substituents is 1. The van der Waals surface area contributed by atoms with Crippen molar-refractivity contribution in [1.82, 2.24) is 0 Å². The molecular formula is C16H15ClF4N2O2. The minimum Gasteiger partial charge on any atom is -0.506 e. The molecule has 0 aliphatic rings. The normalized spacial score (nSPS) is 12.4. The van der Waals surface area contributed by atoms with Crippen molar-refractivity contribution >= 4 is 29.4 Å². The average molecular weight is 379 g/mol. The second-order valence-electron chi connectivity index (χ2n) is 5.31. The maximum atomic E-state index is 14.2. The van der Waals surface area contributed by atoms with Crippen LogP contribution in [0.4, 0.5) is 23.2 Å². The topological polar surface area (TPSA) is 73.2 Å². The molecule has 0 aromatic heterocycles. The molecule has 25 heavy (non-hydrogen) atoms. The van der Waals surface area contributed by atoms with Gasteiger partial charge in [0.2, 0.25) is 0 Å². The van der Waals surface area contributed by atoms with Gasteiger partial charge in [-0.3, -0.25) is 4.79 Å². The van der Waals surface area contributed by atoms with Crippen LogP contribution in [-0.4, -0.2) is 23.4 Å². The molecule has 0 saturated carbocycles. The predicted molar refractivity (Wildman–Crippen MR) is 87.8 cm³/mol. The van der Waals surface area contributed by atoms with Crippen molar-refractivity contribution < 1.29 is 27.5 Å². The van der Waals surface area contributed by atoms with Gasteiger partial charge in [-0.15, -0.1) is 0 Å². The zero-order chi connectivity index (χ0) is 19.5. The summed E-state index contributed by atoms with van der Waals surface area (Å²) >= 11 is 5.69. The quantitative estimate of drug-likeness (QED) is 0.299. The fraction of sp³-hybridized carbons (Fsp3) is 0.250. The summed E-state index contributed by atoms with van der Waals surface area (Å²) < 4.78 is 52.5. The molecule has 4 nitrogen and oxygen atoms in total. The lowest BCUT2D eigenvalue weighted by Crippen LogP contribution is -2.22. The van der Waals surface area contributed by atoms with Gasteiger partial charge in [-0.1, -0.05) is 23.8 Å². The summed E-state index contributed by atoms with van der Waals surface area (Å²) in [4.78, 5) is 12.1. The Morgan fingerprint density at radius 3 is 2.44 bits per heavy atom. The van der Waals surface area contributed by atoms with Crippen LogP contribution in [0.25, 0.3) is 0 Å². The monoisotopic (exact) mass is 378 g/mol. The highest BCUT2D eigenvalue weighted by Gasteiger charge is 2.35. The van der Waals surface area contributed by atoms with Crippen LogP contribution in [0.5, 0.6) is 5.75 Å². The number of hydrogen-bond acceptors (Lipinski definition) is 3. The zero-order valence-corrected chi connectivity index (χ0v) is 14.1. The Morgan fingerprint density at radius 2 is 2.00 bits per heavy atom. The number of aromatic hydroxyl groups is 1. The summed E-state index contributed by atoms with van der Waals surface area (Å²) in [6, 6.07) is 0.731. The molecule has 0 aliphatic carbocycles. The smallest absolute Gasteiger partial charge is 0.418 e. The molecule has 0 unspecified atom stereocenters. The summed E-state index contributed by atoms with van der Waals surface area (Å²) in [6.07, 6.45) is -4.97. The molecule has 0 bridgehead atoms. The molecule has 0 saturated heterocycles. The van der Waals surface area contributed by atoms with Gasteiger partial charge in [-0.2, -0.15) is 13.2 Å². The van der Waals surface area contributed by atoms with Crippen LogP contribution < -0.4 is 5.32 Å². The minimum absolute atomic E-state index is 0.000591. The third-order valence-corrected chi connectivity index (χ3v) is 3.51. The molecule has 1 aromatic rings. The van der Waals surface area contributed by atoms with E-state index in [2.05, 4.69) is 6.58 Å².